The van der Waals surface area contributed by atoms with Crippen molar-refractivity contribution in [3.63, 3.8) is 0 Å². The maximum atomic E-state index is 10.6. The summed E-state index contributed by atoms with van der Waals surface area (Å²) in [6.45, 7) is 1.42. The molecule has 4 nitrogen and oxygen atoms in total. The molecule has 13 heavy (non-hydrogen) atoms. The number of hydrogen-bond donors (Lipinski definition) is 2. The number of rotatable bonds is 3. The van der Waals surface area contributed by atoms with Crippen molar-refractivity contribution in [1.82, 2.24) is 5.43 Å². The van der Waals surface area contributed by atoms with Crippen molar-refractivity contribution in [1.29, 1.82) is 0 Å². The van der Waals surface area contributed by atoms with Gasteiger partial charge >= 0.3 is 0 Å². The smallest absolute Gasteiger partial charge is 0.265 e. The molecule has 1 rings (SSSR count). The summed E-state index contributed by atoms with van der Waals surface area (Å²) in [5, 5.41) is 14.0. The summed E-state index contributed by atoms with van der Waals surface area (Å²) < 4.78 is 0. The van der Waals surface area contributed by atoms with E-state index in [1.54, 1.807) is 17.6 Å². The van der Waals surface area contributed by atoms with Crippen LogP contribution in [0.25, 0.3) is 0 Å². The lowest BCUT2D eigenvalue weighted by Gasteiger charge is -1.93. The van der Waals surface area contributed by atoms with Crippen molar-refractivity contribution in [3.05, 3.63) is 21.9 Å². The molecule has 0 bridgehead atoms. The molecule has 1 aromatic heterocycles. The highest BCUT2D eigenvalue weighted by Gasteiger charge is 1.96. The monoisotopic (exact) mass is 198 g/mol. The number of carbonyl (C=O) groups excluding carboxylic acids is 1. The summed E-state index contributed by atoms with van der Waals surface area (Å²) in [5.74, 6) is -0.509. The van der Waals surface area contributed by atoms with Crippen LogP contribution in [0.5, 0.6) is 0 Å². The third-order valence-electron chi connectivity index (χ3n) is 1.42. The first kappa shape index (κ1) is 9.88. The van der Waals surface area contributed by atoms with Crippen LogP contribution in [0.1, 0.15) is 10.4 Å². The summed E-state index contributed by atoms with van der Waals surface area (Å²) in [4.78, 5) is 11.6. The Morgan fingerprint density at radius 1 is 1.85 bits per heavy atom. The minimum absolute atomic E-state index is 0.509. The van der Waals surface area contributed by atoms with Gasteiger partial charge in [-0.1, -0.05) is 0 Å². The fourth-order valence-corrected chi connectivity index (χ4v) is 1.50. The van der Waals surface area contributed by atoms with E-state index in [2.05, 4.69) is 10.5 Å². The van der Waals surface area contributed by atoms with Crippen LogP contribution in [-0.4, -0.2) is 23.8 Å². The molecule has 70 valence electrons. The molecule has 2 N–H and O–H groups in total. The van der Waals surface area contributed by atoms with Crippen molar-refractivity contribution in [2.45, 2.75) is 6.92 Å². The molecule has 0 radical (unpaired) electrons. The predicted molar refractivity (Wildman–Crippen MR) is 51.9 cm³/mol. The SMILES string of the molecule is Cc1ccsc1/C=N/NC(=O)CO. The Hall–Kier alpha value is -1.20. The largest absolute Gasteiger partial charge is 0.386 e. The second kappa shape index (κ2) is 4.74. The number of aliphatic hydroxyl groups is 1. The Balaban J connectivity index is 2.50. The summed E-state index contributed by atoms with van der Waals surface area (Å²) in [5.41, 5.74) is 3.30. The van der Waals surface area contributed by atoms with Gasteiger partial charge in [0, 0.05) is 4.88 Å². The minimum atomic E-state index is -0.541. The predicted octanol–water partition coefficient (Wildman–Crippen LogP) is 0.499. The Kier molecular flexibility index (Phi) is 3.60. The fraction of sp³-hybridized carbons (Fsp3) is 0.250. The lowest BCUT2D eigenvalue weighted by Crippen LogP contribution is -2.20. The average molecular weight is 198 g/mol. The molecule has 0 spiro atoms. The number of amides is 1. The molecule has 0 atom stereocenters. The molecule has 0 unspecified atom stereocenters. The van der Waals surface area contributed by atoms with Crippen molar-refractivity contribution in [2.75, 3.05) is 6.61 Å². The third kappa shape index (κ3) is 2.96. The van der Waals surface area contributed by atoms with E-state index in [1.165, 1.54) is 0 Å². The number of nitrogens with zero attached hydrogens (tertiary/aromatic N) is 1. The average Bonchev–Trinajstić information content (AvgIpc) is 2.52. The second-order valence-electron chi connectivity index (χ2n) is 2.42. The number of thiophene rings is 1. The minimum Gasteiger partial charge on any atom is -0.386 e. The van der Waals surface area contributed by atoms with Gasteiger partial charge in [-0.2, -0.15) is 5.10 Å². The van der Waals surface area contributed by atoms with Gasteiger partial charge in [0.15, 0.2) is 0 Å². The molecule has 0 aliphatic carbocycles. The van der Waals surface area contributed by atoms with Crippen LogP contribution < -0.4 is 5.43 Å². The molecule has 0 saturated carbocycles. The number of hydrogen-bond acceptors (Lipinski definition) is 4. The number of aliphatic hydroxyl groups excluding tert-OH is 1. The van der Waals surface area contributed by atoms with Crippen LogP contribution >= 0.6 is 11.3 Å². The van der Waals surface area contributed by atoms with Crippen molar-refractivity contribution in [2.24, 2.45) is 5.10 Å². The standard InChI is InChI=1S/C8H10N2O2S/c1-6-2-3-13-7(6)4-9-10-8(12)5-11/h2-4,11H,5H2,1H3,(H,10,12)/b9-4+. The molecule has 5 heteroatoms. The molecule has 1 amide bonds. The van der Waals surface area contributed by atoms with E-state index in [0.717, 1.165) is 10.4 Å². The van der Waals surface area contributed by atoms with Gasteiger partial charge in [0.25, 0.3) is 5.91 Å². The quantitative estimate of drug-likeness (QED) is 0.548. The van der Waals surface area contributed by atoms with E-state index in [0.29, 0.717) is 0 Å². The molecule has 0 saturated heterocycles. The van der Waals surface area contributed by atoms with E-state index in [9.17, 15) is 4.79 Å². The van der Waals surface area contributed by atoms with Gasteiger partial charge in [0.2, 0.25) is 0 Å². The molecule has 1 heterocycles. The van der Waals surface area contributed by atoms with Crippen LogP contribution in [0.3, 0.4) is 0 Å². The Labute approximate surface area is 79.9 Å². The van der Waals surface area contributed by atoms with Crippen molar-refractivity contribution < 1.29 is 9.90 Å². The third-order valence-corrected chi connectivity index (χ3v) is 2.37. The zero-order valence-electron chi connectivity index (χ0n) is 7.15. The lowest BCUT2D eigenvalue weighted by atomic mass is 10.3. The van der Waals surface area contributed by atoms with Crippen molar-refractivity contribution >= 4 is 23.5 Å². The van der Waals surface area contributed by atoms with Crippen LogP contribution in [0.2, 0.25) is 0 Å². The van der Waals surface area contributed by atoms with Gasteiger partial charge < -0.3 is 5.11 Å². The van der Waals surface area contributed by atoms with Gasteiger partial charge in [-0.3, -0.25) is 4.79 Å². The first-order chi connectivity index (χ1) is 6.24. The van der Waals surface area contributed by atoms with Gasteiger partial charge in [-0.25, -0.2) is 5.43 Å². The highest BCUT2D eigenvalue weighted by molar-refractivity contribution is 7.11. The first-order valence-corrected chi connectivity index (χ1v) is 4.59. The number of hydrazone groups is 1. The van der Waals surface area contributed by atoms with Crippen molar-refractivity contribution in [3.8, 4) is 0 Å². The molecule has 0 aliphatic heterocycles. The van der Waals surface area contributed by atoms with Crippen LogP contribution in [0.4, 0.5) is 0 Å². The Bertz CT molecular complexity index is 320. The van der Waals surface area contributed by atoms with Gasteiger partial charge in [-0.15, -0.1) is 11.3 Å². The zero-order valence-corrected chi connectivity index (χ0v) is 7.97. The number of aryl methyl sites for hydroxylation is 1. The van der Waals surface area contributed by atoms with E-state index in [1.807, 2.05) is 18.4 Å². The normalized spacial score (nSPS) is 10.6. The highest BCUT2D eigenvalue weighted by Crippen LogP contribution is 2.11. The zero-order chi connectivity index (χ0) is 9.68. The first-order valence-electron chi connectivity index (χ1n) is 3.71. The maximum absolute atomic E-state index is 10.6. The molecule has 0 fully saturated rings. The van der Waals surface area contributed by atoms with Gasteiger partial charge in [-0.05, 0) is 23.9 Å². The number of nitrogens with one attached hydrogen (secondary N) is 1. The molecule has 0 aliphatic rings. The molecular weight excluding hydrogens is 188 g/mol. The van der Waals surface area contributed by atoms with E-state index >= 15 is 0 Å². The summed E-state index contributed by atoms with van der Waals surface area (Å²) in [6, 6.07) is 1.97. The topological polar surface area (TPSA) is 61.7 Å². The van der Waals surface area contributed by atoms with Gasteiger partial charge in [0.1, 0.15) is 6.61 Å². The second-order valence-corrected chi connectivity index (χ2v) is 3.37. The van der Waals surface area contributed by atoms with E-state index in [4.69, 9.17) is 5.11 Å². The summed E-state index contributed by atoms with van der Waals surface area (Å²) >= 11 is 1.55. The molecule has 1 aromatic rings. The van der Waals surface area contributed by atoms with Gasteiger partial charge in [0.05, 0.1) is 6.21 Å². The molecular formula is C8H10N2O2S. The van der Waals surface area contributed by atoms with Crippen LogP contribution in [0, 0.1) is 6.92 Å². The maximum Gasteiger partial charge on any atom is 0.265 e. The summed E-state index contributed by atoms with van der Waals surface area (Å²) in [7, 11) is 0. The van der Waals surface area contributed by atoms with Crippen LogP contribution in [-0.2, 0) is 4.79 Å². The van der Waals surface area contributed by atoms with Crippen LogP contribution in [0.15, 0.2) is 16.5 Å². The highest BCUT2D eigenvalue weighted by atomic mass is 32.1. The van der Waals surface area contributed by atoms with E-state index < -0.39 is 12.5 Å². The Morgan fingerprint density at radius 2 is 2.62 bits per heavy atom. The summed E-state index contributed by atoms with van der Waals surface area (Å²) in [6.07, 6.45) is 1.56. The fourth-order valence-electron chi connectivity index (χ4n) is 0.715. The van der Waals surface area contributed by atoms with E-state index in [-0.39, 0.29) is 0 Å². The Morgan fingerprint density at radius 3 is 3.15 bits per heavy atom. The molecule has 0 aromatic carbocycles. The lowest BCUT2D eigenvalue weighted by molar-refractivity contribution is -0.123. The number of carbonyl (C=O) groups is 1.